The Morgan fingerprint density at radius 1 is 1.30 bits per heavy atom. The molecule has 2 amide bonds. The average molecular weight is 311 g/mol. The van der Waals surface area contributed by atoms with E-state index in [1.54, 1.807) is 29.7 Å². The lowest BCUT2D eigenvalue weighted by molar-refractivity contribution is 0.241. The fraction of sp³-hybridized carbons (Fsp3) is 0.308. The third-order valence-corrected chi connectivity index (χ3v) is 4.01. The van der Waals surface area contributed by atoms with Crippen molar-refractivity contribution in [3.8, 4) is 0 Å². The molecule has 0 radical (unpaired) electrons. The average Bonchev–Trinajstić information content (AvgIpc) is 2.79. The second-order valence-electron chi connectivity index (χ2n) is 4.84. The number of carbonyl (C=O) groups excluding carboxylic acids is 1. The molecule has 0 bridgehead atoms. The number of nitrogens with zero attached hydrogens (tertiary/aromatic N) is 2. The number of amides is 2. The zero-order valence-electron chi connectivity index (χ0n) is 11.4. The largest absolute Gasteiger partial charge is 0.326 e. The topological polar surface area (TPSA) is 66.9 Å². The Bertz CT molecular complexity index is 609. The molecule has 7 heteroatoms. The van der Waals surface area contributed by atoms with E-state index in [9.17, 15) is 4.79 Å². The summed E-state index contributed by atoms with van der Waals surface area (Å²) in [6, 6.07) is 2.97. The molecule has 2 rings (SSSR count). The molecule has 0 atom stereocenters. The minimum atomic E-state index is -0.546. The van der Waals surface area contributed by atoms with Crippen molar-refractivity contribution in [1.29, 1.82) is 0 Å². The van der Waals surface area contributed by atoms with Crippen molar-refractivity contribution in [3.63, 3.8) is 0 Å². The number of aryl methyl sites for hydroxylation is 1. The van der Waals surface area contributed by atoms with Gasteiger partial charge in [-0.2, -0.15) is 0 Å². The molecule has 0 aliphatic heterocycles. The summed E-state index contributed by atoms with van der Waals surface area (Å²) >= 11 is 7.30. The molecular formula is C13H15ClN4OS. The Kier molecular flexibility index (Phi) is 4.25. The first-order valence-corrected chi connectivity index (χ1v) is 7.20. The number of carbonyl (C=O) groups is 1. The van der Waals surface area contributed by atoms with Crippen molar-refractivity contribution in [2.75, 3.05) is 5.32 Å². The van der Waals surface area contributed by atoms with Gasteiger partial charge in [0.15, 0.2) is 0 Å². The normalized spacial score (nSPS) is 11.2. The van der Waals surface area contributed by atoms with Gasteiger partial charge in [0, 0.05) is 17.3 Å². The number of anilines is 1. The highest BCUT2D eigenvalue weighted by Gasteiger charge is 2.26. The van der Waals surface area contributed by atoms with Crippen LogP contribution < -0.4 is 10.6 Å². The number of urea groups is 1. The van der Waals surface area contributed by atoms with Crippen LogP contribution in [-0.4, -0.2) is 16.0 Å². The van der Waals surface area contributed by atoms with Crippen LogP contribution >= 0.6 is 22.9 Å². The number of thiazole rings is 1. The van der Waals surface area contributed by atoms with Crippen LogP contribution in [0.15, 0.2) is 24.5 Å². The monoisotopic (exact) mass is 310 g/mol. The maximum absolute atomic E-state index is 12.0. The predicted octanol–water partition coefficient (Wildman–Crippen LogP) is 3.56. The molecule has 2 heterocycles. The smallest absolute Gasteiger partial charge is 0.321 e. The van der Waals surface area contributed by atoms with Crippen molar-refractivity contribution in [3.05, 3.63) is 39.4 Å². The molecule has 0 unspecified atom stereocenters. The van der Waals surface area contributed by atoms with Crippen LogP contribution in [0.3, 0.4) is 0 Å². The fourth-order valence-electron chi connectivity index (χ4n) is 1.58. The molecule has 0 aliphatic rings. The summed E-state index contributed by atoms with van der Waals surface area (Å²) in [6.45, 7) is 5.79. The maximum atomic E-state index is 12.0. The van der Waals surface area contributed by atoms with Crippen LogP contribution in [0.25, 0.3) is 0 Å². The van der Waals surface area contributed by atoms with Gasteiger partial charge in [-0.25, -0.2) is 14.8 Å². The second-order valence-corrected chi connectivity index (χ2v) is 6.51. The Hall–Kier alpha value is -1.66. The second kappa shape index (κ2) is 5.76. The SMILES string of the molecule is Cc1cnc(C(C)(C)NC(=O)Nc2ccc(Cl)cn2)s1. The fourth-order valence-corrected chi connectivity index (χ4v) is 2.51. The standard InChI is InChI=1S/C13H15ClN4OS/c1-8-6-16-11(20-8)13(2,3)18-12(19)17-10-5-4-9(14)7-15-10/h4-7H,1-3H3,(H2,15,17,18,19). The minimum absolute atomic E-state index is 0.335. The molecule has 0 saturated carbocycles. The first-order chi connectivity index (χ1) is 9.37. The summed E-state index contributed by atoms with van der Waals surface area (Å²) in [6.07, 6.45) is 3.27. The van der Waals surface area contributed by atoms with Gasteiger partial charge in [-0.05, 0) is 32.9 Å². The number of pyridine rings is 1. The van der Waals surface area contributed by atoms with Gasteiger partial charge in [-0.15, -0.1) is 11.3 Å². The van der Waals surface area contributed by atoms with Gasteiger partial charge in [0.2, 0.25) is 0 Å². The van der Waals surface area contributed by atoms with E-state index in [-0.39, 0.29) is 6.03 Å². The van der Waals surface area contributed by atoms with Crippen molar-refractivity contribution in [2.24, 2.45) is 0 Å². The molecule has 0 saturated heterocycles. The van der Waals surface area contributed by atoms with Gasteiger partial charge in [0.05, 0.1) is 10.6 Å². The van der Waals surface area contributed by atoms with Crippen LogP contribution in [0, 0.1) is 6.92 Å². The van der Waals surface area contributed by atoms with E-state index >= 15 is 0 Å². The zero-order chi connectivity index (χ0) is 14.8. The van der Waals surface area contributed by atoms with Gasteiger partial charge in [0.1, 0.15) is 10.8 Å². The molecule has 2 N–H and O–H groups in total. The summed E-state index contributed by atoms with van der Waals surface area (Å²) < 4.78 is 0. The predicted molar refractivity (Wildman–Crippen MR) is 81.3 cm³/mol. The summed E-state index contributed by atoms with van der Waals surface area (Å²) in [5.74, 6) is 0.443. The number of hydrogen-bond acceptors (Lipinski definition) is 4. The summed E-state index contributed by atoms with van der Waals surface area (Å²) in [5.41, 5.74) is -0.546. The molecule has 0 spiro atoms. The number of aromatic nitrogens is 2. The number of nitrogens with one attached hydrogen (secondary N) is 2. The van der Waals surface area contributed by atoms with Crippen LogP contribution in [-0.2, 0) is 5.54 Å². The molecule has 2 aromatic heterocycles. The molecule has 20 heavy (non-hydrogen) atoms. The lowest BCUT2D eigenvalue weighted by Gasteiger charge is -2.23. The third kappa shape index (κ3) is 3.68. The number of rotatable bonds is 3. The van der Waals surface area contributed by atoms with E-state index in [1.165, 1.54) is 6.20 Å². The van der Waals surface area contributed by atoms with E-state index in [1.807, 2.05) is 20.8 Å². The van der Waals surface area contributed by atoms with E-state index in [2.05, 4.69) is 20.6 Å². The third-order valence-electron chi connectivity index (χ3n) is 2.55. The Balaban J connectivity index is 2.02. The van der Waals surface area contributed by atoms with E-state index in [4.69, 9.17) is 11.6 Å². The summed E-state index contributed by atoms with van der Waals surface area (Å²) in [5, 5.41) is 6.91. The Morgan fingerprint density at radius 3 is 2.60 bits per heavy atom. The molecule has 106 valence electrons. The van der Waals surface area contributed by atoms with E-state index in [0.717, 1.165) is 9.88 Å². The van der Waals surface area contributed by atoms with Crippen molar-refractivity contribution in [2.45, 2.75) is 26.3 Å². The van der Waals surface area contributed by atoms with Gasteiger partial charge < -0.3 is 5.32 Å². The minimum Gasteiger partial charge on any atom is -0.326 e. The number of halogens is 1. The molecule has 0 fully saturated rings. The highest BCUT2D eigenvalue weighted by atomic mass is 35.5. The first kappa shape index (κ1) is 14.7. The van der Waals surface area contributed by atoms with Crippen molar-refractivity contribution >= 4 is 34.8 Å². The van der Waals surface area contributed by atoms with Gasteiger partial charge in [0.25, 0.3) is 0 Å². The lowest BCUT2D eigenvalue weighted by atomic mass is 10.1. The highest BCUT2D eigenvalue weighted by Crippen LogP contribution is 2.24. The van der Waals surface area contributed by atoms with Gasteiger partial charge >= 0.3 is 6.03 Å². The lowest BCUT2D eigenvalue weighted by Crippen LogP contribution is -2.43. The Morgan fingerprint density at radius 2 is 2.05 bits per heavy atom. The summed E-state index contributed by atoms with van der Waals surface area (Å²) in [7, 11) is 0. The van der Waals surface area contributed by atoms with Crippen LogP contribution in [0.4, 0.5) is 10.6 Å². The summed E-state index contributed by atoms with van der Waals surface area (Å²) in [4.78, 5) is 21.4. The van der Waals surface area contributed by atoms with E-state index in [0.29, 0.717) is 10.8 Å². The maximum Gasteiger partial charge on any atom is 0.321 e. The quantitative estimate of drug-likeness (QED) is 0.911. The van der Waals surface area contributed by atoms with Gasteiger partial charge in [-0.3, -0.25) is 5.32 Å². The molecule has 0 aliphatic carbocycles. The molecule has 5 nitrogen and oxygen atoms in total. The van der Waals surface area contributed by atoms with E-state index < -0.39 is 5.54 Å². The van der Waals surface area contributed by atoms with Crippen LogP contribution in [0.1, 0.15) is 23.7 Å². The van der Waals surface area contributed by atoms with Crippen LogP contribution in [0.5, 0.6) is 0 Å². The van der Waals surface area contributed by atoms with Crippen molar-refractivity contribution < 1.29 is 4.79 Å². The van der Waals surface area contributed by atoms with Gasteiger partial charge in [-0.1, -0.05) is 11.6 Å². The highest BCUT2D eigenvalue weighted by molar-refractivity contribution is 7.11. The molecule has 2 aromatic rings. The Labute approximate surface area is 126 Å². The number of hydrogen-bond donors (Lipinski definition) is 2. The van der Waals surface area contributed by atoms with Crippen molar-refractivity contribution in [1.82, 2.24) is 15.3 Å². The first-order valence-electron chi connectivity index (χ1n) is 6.00. The zero-order valence-corrected chi connectivity index (χ0v) is 13.0. The molecule has 0 aromatic carbocycles. The van der Waals surface area contributed by atoms with Crippen LogP contribution in [0.2, 0.25) is 5.02 Å². The molecular weight excluding hydrogens is 296 g/mol.